The van der Waals surface area contributed by atoms with Crippen molar-refractivity contribution < 1.29 is 0 Å². The number of aryl methyl sites for hydroxylation is 1. The van der Waals surface area contributed by atoms with E-state index in [1.54, 1.807) is 6.20 Å². The summed E-state index contributed by atoms with van der Waals surface area (Å²) in [6, 6.07) is 16.5. The third-order valence-corrected chi connectivity index (χ3v) is 3.96. The molecule has 3 rings (SSSR count). The summed E-state index contributed by atoms with van der Waals surface area (Å²) in [6.07, 6.45) is 1.79. The summed E-state index contributed by atoms with van der Waals surface area (Å²) >= 11 is 6.24. The Hall–Kier alpha value is -2.06. The lowest BCUT2D eigenvalue weighted by molar-refractivity contribution is 0.884. The number of aromatic nitrogens is 1. The zero-order valence-corrected chi connectivity index (χ0v) is 12.9. The predicted octanol–water partition coefficient (Wildman–Crippen LogP) is 5.37. The topological polar surface area (TPSA) is 24.9 Å². The molecular formula is C18H17ClN2. The summed E-state index contributed by atoms with van der Waals surface area (Å²) in [6.45, 7) is 4.26. The first-order valence-electron chi connectivity index (χ1n) is 7.01. The maximum atomic E-state index is 6.24. The molecule has 0 amide bonds. The molecule has 1 heterocycles. The fourth-order valence-corrected chi connectivity index (χ4v) is 2.73. The van der Waals surface area contributed by atoms with E-state index in [4.69, 9.17) is 11.6 Å². The third kappa shape index (κ3) is 2.86. The van der Waals surface area contributed by atoms with Crippen molar-refractivity contribution in [2.24, 2.45) is 0 Å². The van der Waals surface area contributed by atoms with Gasteiger partial charge in [0.2, 0.25) is 0 Å². The van der Waals surface area contributed by atoms with E-state index >= 15 is 0 Å². The van der Waals surface area contributed by atoms with Crippen LogP contribution in [-0.4, -0.2) is 4.98 Å². The molecule has 1 N–H and O–H groups in total. The van der Waals surface area contributed by atoms with Crippen LogP contribution in [0, 0.1) is 6.92 Å². The summed E-state index contributed by atoms with van der Waals surface area (Å²) in [4.78, 5) is 4.46. The van der Waals surface area contributed by atoms with Crippen LogP contribution in [0.25, 0.3) is 10.9 Å². The average Bonchev–Trinajstić information content (AvgIpc) is 2.50. The van der Waals surface area contributed by atoms with Crippen molar-refractivity contribution in [3.05, 3.63) is 70.9 Å². The minimum absolute atomic E-state index is 0.205. The first-order valence-corrected chi connectivity index (χ1v) is 7.39. The maximum Gasteiger partial charge on any atom is 0.0948 e. The van der Waals surface area contributed by atoms with Gasteiger partial charge in [-0.3, -0.25) is 4.98 Å². The van der Waals surface area contributed by atoms with E-state index in [2.05, 4.69) is 48.4 Å². The number of halogens is 1. The van der Waals surface area contributed by atoms with Crippen LogP contribution in [-0.2, 0) is 0 Å². The van der Waals surface area contributed by atoms with Gasteiger partial charge >= 0.3 is 0 Å². The highest BCUT2D eigenvalue weighted by Crippen LogP contribution is 2.30. The molecule has 106 valence electrons. The van der Waals surface area contributed by atoms with Gasteiger partial charge in [0.25, 0.3) is 0 Å². The summed E-state index contributed by atoms with van der Waals surface area (Å²) < 4.78 is 0. The highest BCUT2D eigenvalue weighted by atomic mass is 35.5. The first-order chi connectivity index (χ1) is 10.1. The van der Waals surface area contributed by atoms with E-state index in [-0.39, 0.29) is 6.04 Å². The van der Waals surface area contributed by atoms with Gasteiger partial charge in [-0.05, 0) is 43.7 Å². The minimum atomic E-state index is 0.205. The Kier molecular flexibility index (Phi) is 3.80. The first kappa shape index (κ1) is 13.9. The van der Waals surface area contributed by atoms with Gasteiger partial charge in [-0.1, -0.05) is 41.4 Å². The van der Waals surface area contributed by atoms with Crippen LogP contribution < -0.4 is 5.32 Å². The van der Waals surface area contributed by atoms with E-state index in [1.165, 1.54) is 11.1 Å². The second kappa shape index (κ2) is 5.74. The van der Waals surface area contributed by atoms with Gasteiger partial charge in [0, 0.05) is 17.6 Å². The van der Waals surface area contributed by atoms with Crippen molar-refractivity contribution in [1.29, 1.82) is 0 Å². The molecule has 0 aliphatic heterocycles. The van der Waals surface area contributed by atoms with Gasteiger partial charge in [-0.15, -0.1) is 0 Å². The number of pyridine rings is 1. The Morgan fingerprint density at radius 2 is 1.95 bits per heavy atom. The molecule has 0 bridgehead atoms. The van der Waals surface area contributed by atoms with Crippen LogP contribution in [0.1, 0.15) is 24.1 Å². The molecule has 0 spiro atoms. The summed E-state index contributed by atoms with van der Waals surface area (Å²) in [7, 11) is 0. The molecule has 0 aliphatic rings. The van der Waals surface area contributed by atoms with Gasteiger partial charge in [-0.2, -0.15) is 0 Å². The lowest BCUT2D eigenvalue weighted by Gasteiger charge is -2.17. The zero-order valence-electron chi connectivity index (χ0n) is 12.1. The van der Waals surface area contributed by atoms with E-state index in [1.807, 2.05) is 24.3 Å². The molecule has 0 saturated heterocycles. The van der Waals surface area contributed by atoms with Crippen molar-refractivity contribution in [2.75, 3.05) is 5.32 Å². The quantitative estimate of drug-likeness (QED) is 0.703. The van der Waals surface area contributed by atoms with Gasteiger partial charge in [0.15, 0.2) is 0 Å². The fourth-order valence-electron chi connectivity index (χ4n) is 2.51. The largest absolute Gasteiger partial charge is 0.377 e. The van der Waals surface area contributed by atoms with Crippen LogP contribution in [0.15, 0.2) is 54.7 Å². The number of rotatable bonds is 3. The number of hydrogen-bond acceptors (Lipinski definition) is 2. The number of hydrogen-bond donors (Lipinski definition) is 1. The van der Waals surface area contributed by atoms with E-state index < -0.39 is 0 Å². The predicted molar refractivity (Wildman–Crippen MR) is 90.0 cm³/mol. The van der Waals surface area contributed by atoms with Crippen molar-refractivity contribution >= 4 is 28.2 Å². The zero-order chi connectivity index (χ0) is 14.8. The second-order valence-corrected chi connectivity index (χ2v) is 5.68. The Labute approximate surface area is 129 Å². The van der Waals surface area contributed by atoms with Crippen LogP contribution >= 0.6 is 11.6 Å². The second-order valence-electron chi connectivity index (χ2n) is 5.27. The fraction of sp³-hybridized carbons (Fsp3) is 0.167. The summed E-state index contributed by atoms with van der Waals surface area (Å²) in [5.74, 6) is 0. The van der Waals surface area contributed by atoms with Crippen LogP contribution in [0.5, 0.6) is 0 Å². The summed E-state index contributed by atoms with van der Waals surface area (Å²) in [5, 5.41) is 5.24. The summed E-state index contributed by atoms with van der Waals surface area (Å²) in [5.41, 5.74) is 4.43. The molecule has 1 atom stereocenters. The SMILES string of the molecule is Cc1cccc(C(C)Nc2ccc(Cl)c3cccnc23)c1. The lowest BCUT2D eigenvalue weighted by atomic mass is 10.1. The lowest BCUT2D eigenvalue weighted by Crippen LogP contribution is -2.07. The normalized spacial score (nSPS) is 12.3. The standard InChI is InChI=1S/C18H17ClN2/c1-12-5-3-6-14(11-12)13(2)21-17-9-8-16(19)15-7-4-10-20-18(15)17/h3-11,13,21H,1-2H3. The van der Waals surface area contributed by atoms with E-state index in [0.29, 0.717) is 0 Å². The van der Waals surface area contributed by atoms with Gasteiger partial charge in [0.05, 0.1) is 16.2 Å². The van der Waals surface area contributed by atoms with Gasteiger partial charge in [-0.25, -0.2) is 0 Å². The smallest absolute Gasteiger partial charge is 0.0948 e. The number of anilines is 1. The third-order valence-electron chi connectivity index (χ3n) is 3.63. The Morgan fingerprint density at radius 3 is 2.76 bits per heavy atom. The number of benzene rings is 2. The molecule has 1 unspecified atom stereocenters. The average molecular weight is 297 g/mol. The van der Waals surface area contributed by atoms with Crippen LogP contribution in [0.3, 0.4) is 0 Å². The molecule has 0 radical (unpaired) electrons. The van der Waals surface area contributed by atoms with Crippen molar-refractivity contribution in [3.63, 3.8) is 0 Å². The maximum absolute atomic E-state index is 6.24. The molecule has 0 aliphatic carbocycles. The highest BCUT2D eigenvalue weighted by Gasteiger charge is 2.10. The van der Waals surface area contributed by atoms with Crippen molar-refractivity contribution in [1.82, 2.24) is 4.98 Å². The highest BCUT2D eigenvalue weighted by molar-refractivity contribution is 6.35. The number of nitrogens with one attached hydrogen (secondary N) is 1. The Morgan fingerprint density at radius 1 is 1.10 bits per heavy atom. The molecule has 0 fully saturated rings. The molecular weight excluding hydrogens is 280 g/mol. The Balaban J connectivity index is 1.97. The van der Waals surface area contributed by atoms with Gasteiger partial charge in [0.1, 0.15) is 0 Å². The van der Waals surface area contributed by atoms with E-state index in [9.17, 15) is 0 Å². The van der Waals surface area contributed by atoms with Crippen molar-refractivity contribution in [2.45, 2.75) is 19.9 Å². The Bertz CT molecular complexity index is 783. The van der Waals surface area contributed by atoms with E-state index in [0.717, 1.165) is 21.6 Å². The molecule has 0 saturated carbocycles. The molecule has 3 aromatic rings. The van der Waals surface area contributed by atoms with Crippen molar-refractivity contribution in [3.8, 4) is 0 Å². The molecule has 3 heteroatoms. The molecule has 21 heavy (non-hydrogen) atoms. The minimum Gasteiger partial charge on any atom is -0.377 e. The number of nitrogens with zero attached hydrogens (tertiary/aromatic N) is 1. The molecule has 2 aromatic carbocycles. The van der Waals surface area contributed by atoms with Crippen LogP contribution in [0.2, 0.25) is 5.02 Å². The number of fused-ring (bicyclic) bond motifs is 1. The van der Waals surface area contributed by atoms with Crippen LogP contribution in [0.4, 0.5) is 5.69 Å². The monoisotopic (exact) mass is 296 g/mol. The molecule has 1 aromatic heterocycles. The molecule has 2 nitrogen and oxygen atoms in total. The van der Waals surface area contributed by atoms with Gasteiger partial charge < -0.3 is 5.32 Å².